The van der Waals surface area contributed by atoms with Gasteiger partial charge in [-0.3, -0.25) is 14.5 Å². The van der Waals surface area contributed by atoms with Crippen molar-refractivity contribution >= 4 is 11.9 Å². The van der Waals surface area contributed by atoms with Crippen molar-refractivity contribution in [2.24, 2.45) is 35.5 Å². The van der Waals surface area contributed by atoms with E-state index >= 15 is 0 Å². The summed E-state index contributed by atoms with van der Waals surface area (Å²) in [4.78, 5) is 29.0. The fourth-order valence-electron chi connectivity index (χ4n) is 8.45. The number of nitrogens with zero attached hydrogens (tertiary/aromatic N) is 1. The van der Waals surface area contributed by atoms with Crippen molar-refractivity contribution in [3.05, 3.63) is 0 Å². The van der Waals surface area contributed by atoms with Crippen LogP contribution in [0.4, 0.5) is 0 Å². The number of hydrogen-bond acceptors (Lipinski definition) is 5. The normalized spacial score (nSPS) is 45.2. The average Bonchev–Trinajstić information content (AvgIpc) is 2.95. The van der Waals surface area contributed by atoms with E-state index in [1.165, 1.54) is 71.3 Å². The molecular formula is C26H41NO4. The van der Waals surface area contributed by atoms with E-state index in [-0.39, 0.29) is 35.9 Å². The van der Waals surface area contributed by atoms with Gasteiger partial charge in [0.25, 0.3) is 0 Å². The van der Waals surface area contributed by atoms with Crippen LogP contribution >= 0.6 is 0 Å². The highest BCUT2D eigenvalue weighted by molar-refractivity contribution is 5.77. The van der Waals surface area contributed by atoms with Crippen LogP contribution in [0, 0.1) is 35.5 Å². The second-order valence-electron chi connectivity index (χ2n) is 11.2. The van der Waals surface area contributed by atoms with E-state index in [4.69, 9.17) is 9.47 Å². The van der Waals surface area contributed by atoms with E-state index < -0.39 is 0 Å². The molecule has 174 valence electrons. The number of fused-ring (bicyclic) bond motifs is 4. The molecule has 3 aliphatic carbocycles. The first kappa shape index (κ1) is 21.7. The number of methoxy groups -OCH3 is 1. The predicted octanol–water partition coefficient (Wildman–Crippen LogP) is 4.58. The topological polar surface area (TPSA) is 55.8 Å². The monoisotopic (exact) mass is 431 g/mol. The van der Waals surface area contributed by atoms with Gasteiger partial charge in [0, 0.05) is 18.5 Å². The van der Waals surface area contributed by atoms with Crippen LogP contribution < -0.4 is 0 Å². The average molecular weight is 432 g/mol. The molecule has 5 fully saturated rings. The SMILES string of the molecule is COC(=O)C1C2CC[C@H](C[C@@H]1OC(=O)C1C3CCCCC3CCC3CCCCC31)N2C. The van der Waals surface area contributed by atoms with E-state index in [0.717, 1.165) is 19.3 Å². The zero-order valence-corrected chi connectivity index (χ0v) is 19.5. The van der Waals surface area contributed by atoms with Crippen molar-refractivity contribution in [1.82, 2.24) is 4.90 Å². The molecule has 0 amide bonds. The number of hydrogen-bond donors (Lipinski definition) is 0. The van der Waals surface area contributed by atoms with Crippen LogP contribution in [0.5, 0.6) is 0 Å². The van der Waals surface area contributed by atoms with E-state index in [0.29, 0.717) is 29.7 Å². The summed E-state index contributed by atoms with van der Waals surface area (Å²) in [5.74, 6) is 1.91. The minimum Gasteiger partial charge on any atom is -0.469 e. The van der Waals surface area contributed by atoms with Crippen molar-refractivity contribution < 1.29 is 19.1 Å². The maximum Gasteiger partial charge on any atom is 0.314 e. The molecule has 6 unspecified atom stereocenters. The zero-order valence-electron chi connectivity index (χ0n) is 19.5. The Morgan fingerprint density at radius 1 is 0.742 bits per heavy atom. The Balaban J connectivity index is 1.39. The molecule has 8 atom stereocenters. The molecule has 5 aliphatic rings. The second-order valence-corrected chi connectivity index (χ2v) is 11.2. The minimum atomic E-state index is -0.340. The standard InChI is InChI=1S/C26H41NO4/c1-27-18-13-14-21(27)24(25(28)30-2)22(15-18)31-26(29)23-19-9-5-3-7-16(19)11-12-17-8-4-6-10-20(17)23/h16-24H,3-15H2,1-2H3/t16?,17?,18-,19?,20?,21?,22+,23?,24?/m1/s1. The van der Waals surface area contributed by atoms with E-state index in [2.05, 4.69) is 11.9 Å². The zero-order chi connectivity index (χ0) is 21.5. The van der Waals surface area contributed by atoms with Gasteiger partial charge in [0.15, 0.2) is 0 Å². The van der Waals surface area contributed by atoms with Crippen molar-refractivity contribution in [3.8, 4) is 0 Å². The van der Waals surface area contributed by atoms with Crippen LogP contribution in [0.3, 0.4) is 0 Å². The van der Waals surface area contributed by atoms with Gasteiger partial charge < -0.3 is 9.47 Å². The summed E-state index contributed by atoms with van der Waals surface area (Å²) in [5.41, 5.74) is 0. The molecule has 5 nitrogen and oxygen atoms in total. The first-order chi connectivity index (χ1) is 15.1. The van der Waals surface area contributed by atoms with Crippen LogP contribution in [0.2, 0.25) is 0 Å². The lowest BCUT2D eigenvalue weighted by Crippen LogP contribution is -2.54. The third kappa shape index (κ3) is 3.94. The van der Waals surface area contributed by atoms with Crippen LogP contribution in [-0.4, -0.2) is 49.2 Å². The molecule has 2 saturated heterocycles. The van der Waals surface area contributed by atoms with Crippen molar-refractivity contribution in [2.75, 3.05) is 14.2 Å². The van der Waals surface area contributed by atoms with Gasteiger partial charge in [-0.1, -0.05) is 38.5 Å². The lowest BCUT2D eigenvalue weighted by molar-refractivity contribution is -0.176. The minimum absolute atomic E-state index is 0.0264. The Morgan fingerprint density at radius 2 is 1.35 bits per heavy atom. The van der Waals surface area contributed by atoms with Gasteiger partial charge in [0.1, 0.15) is 12.0 Å². The van der Waals surface area contributed by atoms with Crippen LogP contribution in [-0.2, 0) is 19.1 Å². The summed E-state index contributed by atoms with van der Waals surface area (Å²) < 4.78 is 11.6. The quantitative estimate of drug-likeness (QED) is 0.613. The Hall–Kier alpha value is -1.10. The van der Waals surface area contributed by atoms with Gasteiger partial charge in [-0.15, -0.1) is 0 Å². The highest BCUT2D eigenvalue weighted by atomic mass is 16.6. The summed E-state index contributed by atoms with van der Waals surface area (Å²) in [6.07, 6.45) is 15.2. The Kier molecular flexibility index (Phi) is 6.33. The number of carbonyl (C=O) groups excluding carboxylic acids is 2. The van der Waals surface area contributed by atoms with Crippen molar-refractivity contribution in [3.63, 3.8) is 0 Å². The van der Waals surface area contributed by atoms with E-state index in [1.807, 2.05) is 0 Å². The molecule has 31 heavy (non-hydrogen) atoms. The Bertz CT molecular complexity index is 656. The number of esters is 2. The molecule has 0 aromatic heterocycles. The molecule has 0 N–H and O–H groups in total. The number of ether oxygens (including phenoxy) is 2. The smallest absolute Gasteiger partial charge is 0.314 e. The van der Waals surface area contributed by atoms with Crippen LogP contribution in [0.1, 0.15) is 83.5 Å². The molecule has 0 aromatic carbocycles. The summed E-state index contributed by atoms with van der Waals surface area (Å²) in [5, 5.41) is 0. The summed E-state index contributed by atoms with van der Waals surface area (Å²) in [6, 6.07) is 0.561. The largest absolute Gasteiger partial charge is 0.469 e. The van der Waals surface area contributed by atoms with Gasteiger partial charge in [-0.05, 0) is 69.2 Å². The fraction of sp³-hybridized carbons (Fsp3) is 0.923. The Morgan fingerprint density at radius 3 is 1.97 bits per heavy atom. The maximum atomic E-state index is 13.9. The lowest BCUT2D eigenvalue weighted by atomic mass is 9.65. The van der Waals surface area contributed by atoms with Gasteiger partial charge in [-0.2, -0.15) is 0 Å². The summed E-state index contributed by atoms with van der Waals surface area (Å²) >= 11 is 0. The molecule has 2 aliphatic heterocycles. The van der Waals surface area contributed by atoms with Crippen molar-refractivity contribution in [1.29, 1.82) is 0 Å². The predicted molar refractivity (Wildman–Crippen MR) is 118 cm³/mol. The second kappa shape index (κ2) is 9.03. The number of carbonyl (C=O) groups is 2. The molecule has 0 aromatic rings. The van der Waals surface area contributed by atoms with E-state index in [1.54, 1.807) is 0 Å². The van der Waals surface area contributed by atoms with Gasteiger partial charge in [0.05, 0.1) is 13.0 Å². The maximum absolute atomic E-state index is 13.9. The van der Waals surface area contributed by atoms with Gasteiger partial charge >= 0.3 is 11.9 Å². The molecule has 2 heterocycles. The highest BCUT2D eigenvalue weighted by Crippen LogP contribution is 2.51. The first-order valence-corrected chi connectivity index (χ1v) is 13.1. The number of piperidine rings is 1. The number of rotatable bonds is 3. The fourth-order valence-corrected chi connectivity index (χ4v) is 8.45. The third-order valence-corrected chi connectivity index (χ3v) is 9.99. The summed E-state index contributed by atoms with van der Waals surface area (Å²) in [6.45, 7) is 0. The molecule has 0 radical (unpaired) electrons. The molecular weight excluding hydrogens is 390 g/mol. The molecule has 0 spiro atoms. The highest BCUT2D eigenvalue weighted by Gasteiger charge is 2.53. The first-order valence-electron chi connectivity index (χ1n) is 13.1. The Labute approximate surface area is 187 Å². The lowest BCUT2D eigenvalue weighted by Gasteiger charge is -2.43. The molecule has 2 bridgehead atoms. The summed E-state index contributed by atoms with van der Waals surface area (Å²) in [7, 11) is 3.58. The molecule has 5 heteroatoms. The van der Waals surface area contributed by atoms with Gasteiger partial charge in [-0.25, -0.2) is 0 Å². The molecule has 5 rings (SSSR count). The molecule has 3 saturated carbocycles. The van der Waals surface area contributed by atoms with Crippen LogP contribution in [0.25, 0.3) is 0 Å². The van der Waals surface area contributed by atoms with E-state index in [9.17, 15) is 9.59 Å². The van der Waals surface area contributed by atoms with Crippen molar-refractivity contribution in [2.45, 2.75) is 102 Å². The third-order valence-electron chi connectivity index (χ3n) is 9.99. The van der Waals surface area contributed by atoms with Crippen LogP contribution in [0.15, 0.2) is 0 Å². The van der Waals surface area contributed by atoms with Gasteiger partial charge in [0.2, 0.25) is 0 Å².